The van der Waals surface area contributed by atoms with Crippen molar-refractivity contribution in [1.29, 1.82) is 0 Å². The van der Waals surface area contributed by atoms with Crippen LogP contribution in [0.5, 0.6) is 0 Å². The Morgan fingerprint density at radius 1 is 1.04 bits per heavy atom. The van der Waals surface area contributed by atoms with Crippen LogP contribution in [0.25, 0.3) is 0 Å². The molecule has 2 aromatic rings. The highest BCUT2D eigenvalue weighted by atomic mass is 32.2. The van der Waals surface area contributed by atoms with E-state index in [1.807, 2.05) is 0 Å². The van der Waals surface area contributed by atoms with Crippen LogP contribution in [0.4, 0.5) is 5.69 Å². The summed E-state index contributed by atoms with van der Waals surface area (Å²) < 4.78 is 27.1. The van der Waals surface area contributed by atoms with Gasteiger partial charge in [0.2, 0.25) is 10.0 Å². The van der Waals surface area contributed by atoms with Gasteiger partial charge in [0, 0.05) is 29.7 Å². The van der Waals surface area contributed by atoms with Crippen molar-refractivity contribution in [2.45, 2.75) is 37.5 Å². The predicted octanol–water partition coefficient (Wildman–Crippen LogP) is 3.77. The molecule has 1 aromatic heterocycles. The largest absolute Gasteiger partial charge is 0.321 e. The van der Waals surface area contributed by atoms with Crippen LogP contribution in [0.1, 0.15) is 52.6 Å². The van der Waals surface area contributed by atoms with E-state index in [1.165, 1.54) is 22.7 Å². The minimum absolute atomic E-state index is 0.0468. The second-order valence-electron chi connectivity index (χ2n) is 6.55. The summed E-state index contributed by atoms with van der Waals surface area (Å²) in [4.78, 5) is 24.2. The van der Waals surface area contributed by atoms with Crippen LogP contribution in [0.3, 0.4) is 0 Å². The van der Waals surface area contributed by atoms with Crippen molar-refractivity contribution in [3.63, 3.8) is 0 Å². The zero-order chi connectivity index (χ0) is 19.4. The standard InChI is InChI=1S/C19H22N2O4S2/c1-14(22)15-6-8-16(9-7-15)20-19(23)18-12-17(13-26-18)27(24,25)21-10-4-2-3-5-11-21/h6-9,12-13H,2-5,10-11H2,1H3,(H,20,23). The lowest BCUT2D eigenvalue weighted by Gasteiger charge is -2.18. The molecule has 6 nitrogen and oxygen atoms in total. The maximum absolute atomic E-state index is 12.8. The van der Waals surface area contributed by atoms with Crippen LogP contribution in [0.15, 0.2) is 40.6 Å². The van der Waals surface area contributed by atoms with Crippen LogP contribution in [-0.4, -0.2) is 37.5 Å². The quantitative estimate of drug-likeness (QED) is 0.766. The summed E-state index contributed by atoms with van der Waals surface area (Å²) in [6.45, 7) is 2.54. The molecule has 1 aromatic carbocycles. The number of benzene rings is 1. The summed E-state index contributed by atoms with van der Waals surface area (Å²) in [5.74, 6) is -0.414. The fourth-order valence-corrected chi connectivity index (χ4v) is 5.66. The molecule has 1 fully saturated rings. The van der Waals surface area contributed by atoms with Gasteiger partial charge in [-0.1, -0.05) is 12.8 Å². The Kier molecular flexibility index (Phi) is 6.08. The molecule has 1 N–H and O–H groups in total. The van der Waals surface area contributed by atoms with E-state index >= 15 is 0 Å². The number of sulfonamides is 1. The Morgan fingerprint density at radius 2 is 1.67 bits per heavy atom. The van der Waals surface area contributed by atoms with Gasteiger partial charge >= 0.3 is 0 Å². The molecule has 0 saturated carbocycles. The maximum Gasteiger partial charge on any atom is 0.265 e. The monoisotopic (exact) mass is 406 g/mol. The summed E-state index contributed by atoms with van der Waals surface area (Å²) in [5.41, 5.74) is 1.12. The van der Waals surface area contributed by atoms with Crippen LogP contribution in [0, 0.1) is 0 Å². The number of hydrogen-bond acceptors (Lipinski definition) is 5. The minimum Gasteiger partial charge on any atom is -0.321 e. The maximum atomic E-state index is 12.8. The van der Waals surface area contributed by atoms with E-state index in [4.69, 9.17) is 0 Å². The average Bonchev–Trinajstić information content (AvgIpc) is 2.99. The molecular formula is C19H22N2O4S2. The van der Waals surface area contributed by atoms with Gasteiger partial charge in [-0.05, 0) is 50.1 Å². The smallest absolute Gasteiger partial charge is 0.265 e. The SMILES string of the molecule is CC(=O)c1ccc(NC(=O)c2cc(S(=O)(=O)N3CCCCCC3)cs2)cc1. The third kappa shape index (κ3) is 4.63. The van der Waals surface area contributed by atoms with Gasteiger partial charge in [-0.2, -0.15) is 4.31 Å². The highest BCUT2D eigenvalue weighted by Crippen LogP contribution is 2.25. The van der Waals surface area contributed by atoms with Gasteiger partial charge in [0.05, 0.1) is 9.77 Å². The molecule has 1 amide bonds. The van der Waals surface area contributed by atoms with Gasteiger partial charge in [0.15, 0.2) is 5.78 Å². The van der Waals surface area contributed by atoms with Crippen molar-refractivity contribution in [3.05, 3.63) is 46.2 Å². The predicted molar refractivity (Wildman–Crippen MR) is 106 cm³/mol. The van der Waals surface area contributed by atoms with Crippen molar-refractivity contribution < 1.29 is 18.0 Å². The van der Waals surface area contributed by atoms with Gasteiger partial charge in [0.1, 0.15) is 0 Å². The number of carbonyl (C=O) groups is 2. The van der Waals surface area contributed by atoms with E-state index in [9.17, 15) is 18.0 Å². The summed E-state index contributed by atoms with van der Waals surface area (Å²) in [7, 11) is -3.56. The zero-order valence-corrected chi connectivity index (χ0v) is 16.7. The molecule has 0 bridgehead atoms. The van der Waals surface area contributed by atoms with Gasteiger partial charge in [-0.15, -0.1) is 11.3 Å². The number of anilines is 1. The van der Waals surface area contributed by atoms with Crippen LogP contribution >= 0.6 is 11.3 Å². The number of Topliss-reactive ketones (excluding diaryl/α,β-unsaturated/α-hetero) is 1. The Bertz CT molecular complexity index is 925. The fraction of sp³-hybridized carbons (Fsp3) is 0.368. The van der Waals surface area contributed by atoms with E-state index < -0.39 is 10.0 Å². The molecule has 0 unspecified atom stereocenters. The molecule has 8 heteroatoms. The van der Waals surface area contributed by atoms with E-state index in [0.29, 0.717) is 29.2 Å². The molecule has 1 saturated heterocycles. The molecule has 144 valence electrons. The summed E-state index contributed by atoms with van der Waals surface area (Å²) >= 11 is 1.11. The number of carbonyl (C=O) groups excluding carboxylic acids is 2. The van der Waals surface area contributed by atoms with Crippen molar-refractivity contribution in [1.82, 2.24) is 4.31 Å². The molecule has 0 radical (unpaired) electrons. The lowest BCUT2D eigenvalue weighted by molar-refractivity contribution is 0.101. The molecule has 3 rings (SSSR count). The molecule has 2 heterocycles. The fourth-order valence-electron chi connectivity index (χ4n) is 2.99. The normalized spacial score (nSPS) is 15.9. The van der Waals surface area contributed by atoms with E-state index in [-0.39, 0.29) is 16.6 Å². The van der Waals surface area contributed by atoms with Crippen molar-refractivity contribution in [2.24, 2.45) is 0 Å². The van der Waals surface area contributed by atoms with Crippen LogP contribution in [-0.2, 0) is 10.0 Å². The number of nitrogens with zero attached hydrogens (tertiary/aromatic N) is 1. The summed E-state index contributed by atoms with van der Waals surface area (Å²) in [6.07, 6.45) is 3.83. The highest BCUT2D eigenvalue weighted by Gasteiger charge is 2.27. The molecule has 0 spiro atoms. The lowest BCUT2D eigenvalue weighted by atomic mass is 10.1. The molecule has 1 aliphatic rings. The molecule has 0 aliphatic carbocycles. The zero-order valence-electron chi connectivity index (χ0n) is 15.1. The van der Waals surface area contributed by atoms with Crippen molar-refractivity contribution in [2.75, 3.05) is 18.4 Å². The van der Waals surface area contributed by atoms with Crippen LogP contribution < -0.4 is 5.32 Å². The number of nitrogens with one attached hydrogen (secondary N) is 1. The summed E-state index contributed by atoms with van der Waals surface area (Å²) in [6, 6.07) is 8.02. The first-order chi connectivity index (χ1) is 12.9. The topological polar surface area (TPSA) is 83.5 Å². The third-order valence-electron chi connectivity index (χ3n) is 4.55. The Labute approximate surface area is 163 Å². The van der Waals surface area contributed by atoms with Gasteiger partial charge in [-0.25, -0.2) is 8.42 Å². The van der Waals surface area contributed by atoms with Gasteiger partial charge < -0.3 is 5.32 Å². The molecule has 1 aliphatic heterocycles. The van der Waals surface area contributed by atoms with Crippen LogP contribution in [0.2, 0.25) is 0 Å². The van der Waals surface area contributed by atoms with Gasteiger partial charge in [0.25, 0.3) is 5.91 Å². The molecule has 27 heavy (non-hydrogen) atoms. The molecular weight excluding hydrogens is 384 g/mol. The molecule has 0 atom stereocenters. The Hall–Kier alpha value is -2.03. The number of thiophene rings is 1. The average molecular weight is 407 g/mol. The first-order valence-electron chi connectivity index (χ1n) is 8.89. The Morgan fingerprint density at radius 3 is 2.26 bits per heavy atom. The number of amides is 1. The number of rotatable bonds is 5. The van der Waals surface area contributed by atoms with E-state index in [1.54, 1.807) is 24.3 Å². The second-order valence-corrected chi connectivity index (χ2v) is 9.40. The van der Waals surface area contributed by atoms with E-state index in [2.05, 4.69) is 5.32 Å². The highest BCUT2D eigenvalue weighted by molar-refractivity contribution is 7.89. The number of hydrogen-bond donors (Lipinski definition) is 1. The second kappa shape index (κ2) is 8.33. The van der Waals surface area contributed by atoms with Crippen molar-refractivity contribution >= 4 is 38.7 Å². The van der Waals surface area contributed by atoms with Gasteiger partial charge in [-0.3, -0.25) is 9.59 Å². The number of ketones is 1. The Balaban J connectivity index is 1.72. The minimum atomic E-state index is -3.56. The first-order valence-corrected chi connectivity index (χ1v) is 11.2. The van der Waals surface area contributed by atoms with E-state index in [0.717, 1.165) is 37.0 Å². The van der Waals surface area contributed by atoms with Crippen molar-refractivity contribution in [3.8, 4) is 0 Å². The third-order valence-corrected chi connectivity index (χ3v) is 7.51. The lowest BCUT2D eigenvalue weighted by Crippen LogP contribution is -2.31. The summed E-state index contributed by atoms with van der Waals surface area (Å²) in [5, 5.41) is 4.25. The first kappa shape index (κ1) is 19.7.